The number of H-pyrrole nitrogens is 2. The van der Waals surface area contributed by atoms with Crippen molar-refractivity contribution in [1.82, 2.24) is 19.8 Å². The topological polar surface area (TPSA) is 298 Å². The Bertz CT molecular complexity index is 3890. The number of halogens is 6. The summed E-state index contributed by atoms with van der Waals surface area (Å²) in [5.74, 6) is 1.06. The summed E-state index contributed by atoms with van der Waals surface area (Å²) in [6.45, 7) is 12.9. The third kappa shape index (κ3) is 22.9. The van der Waals surface area contributed by atoms with E-state index in [1.807, 2.05) is 53.7 Å². The number of rotatable bonds is 4. The van der Waals surface area contributed by atoms with Crippen LogP contribution in [-0.2, 0) is 6.18 Å². The normalized spacial score (nSPS) is 10.2. The number of hydrogen-bond acceptors (Lipinski definition) is 15. The van der Waals surface area contributed by atoms with Crippen molar-refractivity contribution in [2.75, 3.05) is 45.4 Å². The Morgan fingerprint density at radius 3 is 1.45 bits per heavy atom. The number of aldehydes is 2. The fourth-order valence-electron chi connectivity index (χ4n) is 7.10. The number of hydrogen-bond donors (Lipinski definition) is 8. The van der Waals surface area contributed by atoms with Crippen LogP contribution in [-0.4, -0.2) is 88.0 Å². The Morgan fingerprint density at radius 1 is 0.540 bits per heavy atom. The molecule has 462 valence electrons. The van der Waals surface area contributed by atoms with E-state index in [0.717, 1.165) is 73.4 Å². The molecule has 87 heavy (non-hydrogen) atoms. The van der Waals surface area contributed by atoms with E-state index in [1.54, 1.807) is 107 Å². The zero-order valence-corrected chi connectivity index (χ0v) is 52.1. The van der Waals surface area contributed by atoms with Crippen LogP contribution in [0.25, 0.3) is 21.1 Å². The van der Waals surface area contributed by atoms with E-state index in [9.17, 15) is 52.2 Å². The van der Waals surface area contributed by atoms with Crippen molar-refractivity contribution in [2.45, 2.75) is 54.6 Å². The number of ether oxygens (including phenoxy) is 2. The number of anilines is 3. The number of aryl methyl sites for hydroxylation is 7. The van der Waals surface area contributed by atoms with Gasteiger partial charge < -0.3 is 61.8 Å². The first-order chi connectivity index (χ1) is 40.5. The molecule has 0 bridgehead atoms. The molecule has 9 rings (SSSR count). The van der Waals surface area contributed by atoms with Gasteiger partial charge in [-0.15, -0.1) is 0 Å². The van der Waals surface area contributed by atoms with Gasteiger partial charge in [0.1, 0.15) is 46.8 Å². The fourth-order valence-corrected chi connectivity index (χ4v) is 8.79. The van der Waals surface area contributed by atoms with Crippen LogP contribution in [0.1, 0.15) is 65.2 Å². The van der Waals surface area contributed by atoms with Gasteiger partial charge in [0, 0.05) is 56.8 Å². The number of aromatic hydroxyl groups is 3. The average Bonchev–Trinajstić information content (AvgIpc) is 3.99. The Hall–Kier alpha value is -9.22. The fraction of sp³-hybridized carbons (Fsp3) is 0.194. The molecule has 0 spiro atoms. The summed E-state index contributed by atoms with van der Waals surface area (Å²) in [6.07, 6.45) is -3.95. The van der Waals surface area contributed by atoms with Gasteiger partial charge in [0.05, 0.1) is 47.9 Å². The highest BCUT2D eigenvalue weighted by molar-refractivity contribution is 7.16. The third-order valence-electron chi connectivity index (χ3n) is 11.4. The number of thiazole rings is 1. The second-order valence-corrected chi connectivity index (χ2v) is 21.7. The molecule has 11 N–H and O–H groups in total. The number of nitrogens with one attached hydrogen (secondary N) is 2. The van der Waals surface area contributed by atoms with E-state index in [0.29, 0.717) is 60.6 Å². The molecule has 0 radical (unpaired) electrons. The van der Waals surface area contributed by atoms with Gasteiger partial charge >= 0.3 is 23.2 Å². The minimum atomic E-state index is -4.44. The molecule has 25 heteroatoms. The number of nitrogens with zero attached hydrogens (tertiary/aromatic N) is 2. The van der Waals surface area contributed by atoms with E-state index in [4.69, 9.17) is 66.6 Å². The highest BCUT2D eigenvalue weighted by atomic mass is 35.5. The molecule has 7 aromatic carbocycles. The van der Waals surface area contributed by atoms with E-state index >= 15 is 0 Å². The molecule has 0 atom stereocenters. The number of alkyl halides is 3. The number of aromatic amines is 2. The number of amides is 2. The lowest BCUT2D eigenvalue weighted by molar-refractivity contribution is -0.137. The van der Waals surface area contributed by atoms with Crippen molar-refractivity contribution in [2.24, 2.45) is 0 Å². The summed E-state index contributed by atoms with van der Waals surface area (Å²) in [5, 5.41) is 29.6. The number of pyridine rings is 1. The highest BCUT2D eigenvalue weighted by Gasteiger charge is 2.34. The van der Waals surface area contributed by atoms with Gasteiger partial charge in [-0.2, -0.15) is 13.2 Å². The van der Waals surface area contributed by atoms with Crippen LogP contribution in [0.5, 0.6) is 28.7 Å². The molecule has 2 amide bonds. The van der Waals surface area contributed by atoms with Gasteiger partial charge in [0.25, 0.3) is 0 Å². The van der Waals surface area contributed by atoms with Gasteiger partial charge in [0.2, 0.25) is 5.56 Å². The standard InChI is InChI=1S/C13H18N2O4.C10H9NO2.C9H8O2.C8H7ClF3N.C8H7NO2S.C7H7Cl2N.C7H9NO/c1-9-6-10(18-12(16)14(2)3)8-11(7-9)19-13(17)15(4)5;1-6-2-4-8(12)10-7(6)3-5-9(13)11-10;1-7-2-8(5-10)4-9(3-7)6-11;1-4-2-5(8(10,11)12)7(13)6(9)3-4;1-4-2-3-5(10)6-7(4)12-8(11)9-6;1-4-2-5(8)7(10)6(9)3-4;1-5-2-3-7(9)6(8)4-5/h6-8H,1-5H3;2-5,12H,1H3,(H,11,13);2-6H,1H3;2-3H,13H2,1H3;2-3,10H,1H3,(H,9,11);2-3H,10H2,1H3;2-4,9H,8H2,1H3. The van der Waals surface area contributed by atoms with Gasteiger partial charge in [0.15, 0.2) is 0 Å². The summed E-state index contributed by atoms with van der Waals surface area (Å²) < 4.78 is 47.9. The first-order valence-corrected chi connectivity index (χ1v) is 27.4. The predicted octanol–water partition coefficient (Wildman–Crippen LogP) is 14.3. The minimum Gasteiger partial charge on any atom is -0.506 e. The van der Waals surface area contributed by atoms with Crippen LogP contribution >= 0.6 is 46.1 Å². The van der Waals surface area contributed by atoms with Crippen LogP contribution in [0.4, 0.5) is 39.8 Å². The monoisotopic (exact) mass is 1280 g/mol. The first-order valence-electron chi connectivity index (χ1n) is 25.5. The van der Waals surface area contributed by atoms with E-state index in [2.05, 4.69) is 9.97 Å². The van der Waals surface area contributed by atoms with E-state index in [-0.39, 0.29) is 32.7 Å². The molecule has 0 unspecified atom stereocenters. The summed E-state index contributed by atoms with van der Waals surface area (Å²) in [6, 6.07) is 30.9. The zero-order valence-electron chi connectivity index (χ0n) is 49.0. The average molecular weight is 1280 g/mol. The second-order valence-electron chi connectivity index (χ2n) is 19.5. The molecule has 0 aliphatic rings. The molecule has 18 nitrogen and oxygen atoms in total. The molecular formula is C62H65Cl3F3N7O11S. The van der Waals surface area contributed by atoms with E-state index < -0.39 is 29.6 Å². The first kappa shape index (κ1) is 72.0. The molecule has 2 heterocycles. The SMILES string of the molecule is Cc1cc(C=O)cc(C=O)c1.Cc1cc(Cl)c(N)c(C(F)(F)F)c1.Cc1cc(Cl)c(N)c(Cl)c1.Cc1cc(OC(=O)N(C)C)cc(OC(=O)N(C)C)c1.Cc1ccc(O)c(N)c1.Cc1ccc(O)c2[nH]c(=O)ccc12.Cc1ccc(O)c2[nH]c(=O)sc12. The van der Waals surface area contributed by atoms with Crippen molar-refractivity contribution in [3.63, 3.8) is 0 Å². The number of benzene rings is 7. The van der Waals surface area contributed by atoms with Crippen molar-refractivity contribution < 1.29 is 57.1 Å². The number of nitrogens with two attached hydrogens (primary N) is 3. The number of nitrogen functional groups attached to an aromatic ring is 3. The van der Waals surface area contributed by atoms with Gasteiger partial charge in [-0.3, -0.25) is 19.2 Å². The van der Waals surface area contributed by atoms with Gasteiger partial charge in [-0.25, -0.2) is 9.59 Å². The van der Waals surface area contributed by atoms with Crippen LogP contribution < -0.4 is 37.1 Å². The lowest BCUT2D eigenvalue weighted by Crippen LogP contribution is -2.26. The van der Waals surface area contributed by atoms with Crippen molar-refractivity contribution >= 4 is 109 Å². The Morgan fingerprint density at radius 2 is 0.989 bits per heavy atom. The number of phenols is 3. The highest BCUT2D eigenvalue weighted by Crippen LogP contribution is 2.38. The molecule has 0 saturated carbocycles. The van der Waals surface area contributed by atoms with Crippen molar-refractivity contribution in [3.8, 4) is 28.7 Å². The lowest BCUT2D eigenvalue weighted by atomic mass is 10.1. The van der Waals surface area contributed by atoms with Gasteiger partial charge in [-0.05, 0) is 172 Å². The second kappa shape index (κ2) is 32.9. The molecule has 0 fully saturated rings. The maximum Gasteiger partial charge on any atom is 0.418 e. The number of phenolic OH excluding ortho intramolecular Hbond substituents is 3. The van der Waals surface area contributed by atoms with Crippen molar-refractivity contribution in [3.05, 3.63) is 206 Å². The number of fused-ring (bicyclic) bond motifs is 2. The number of carbonyl (C=O) groups is 4. The molecule has 0 aliphatic carbocycles. The summed E-state index contributed by atoms with van der Waals surface area (Å²) in [7, 11) is 6.35. The lowest BCUT2D eigenvalue weighted by Gasteiger charge is -2.14. The number of carbonyl (C=O) groups excluding carboxylic acids is 4. The van der Waals surface area contributed by atoms with Crippen LogP contribution in [0.3, 0.4) is 0 Å². The quantitative estimate of drug-likeness (QED) is 0.0462. The molecule has 9 aromatic rings. The van der Waals surface area contributed by atoms with E-state index in [1.165, 1.54) is 34.9 Å². The molecule has 2 aromatic heterocycles. The predicted molar refractivity (Wildman–Crippen MR) is 341 cm³/mol. The van der Waals surface area contributed by atoms with Crippen LogP contribution in [0.2, 0.25) is 15.1 Å². The largest absolute Gasteiger partial charge is 0.506 e. The molecule has 0 aliphatic heterocycles. The summed E-state index contributed by atoms with van der Waals surface area (Å²) in [5.41, 5.74) is 23.9. The summed E-state index contributed by atoms with van der Waals surface area (Å²) in [4.78, 5) is 73.1. The van der Waals surface area contributed by atoms with Crippen molar-refractivity contribution in [1.29, 1.82) is 0 Å². The maximum absolute atomic E-state index is 12.3. The third-order valence-corrected chi connectivity index (χ3v) is 13.3. The Kier molecular flexibility index (Phi) is 27.2. The summed E-state index contributed by atoms with van der Waals surface area (Å²) >= 11 is 18.0. The molecular weight excluding hydrogens is 1210 g/mol. The molecule has 0 saturated heterocycles. The Balaban J connectivity index is 0.000000269. The Labute approximate surface area is 518 Å². The smallest absolute Gasteiger partial charge is 0.418 e. The van der Waals surface area contributed by atoms with Crippen LogP contribution in [0.15, 0.2) is 125 Å². The van der Waals surface area contributed by atoms with Gasteiger partial charge in [-0.1, -0.05) is 64.3 Å². The number of aromatic nitrogens is 2. The maximum atomic E-state index is 12.3. The minimum absolute atomic E-state index is 0.0627. The van der Waals surface area contributed by atoms with Crippen LogP contribution in [0, 0.1) is 48.5 Å². The zero-order chi connectivity index (χ0) is 65.8.